The van der Waals surface area contributed by atoms with Crippen LogP contribution >= 0.6 is 0 Å². The molecule has 0 aliphatic heterocycles. The minimum atomic E-state index is -0.366. The summed E-state index contributed by atoms with van der Waals surface area (Å²) in [7, 11) is 0. The quantitative estimate of drug-likeness (QED) is 0.351. The number of rotatable bonds is 6. The van der Waals surface area contributed by atoms with Gasteiger partial charge in [-0.05, 0) is 36.1 Å². The molecule has 0 saturated heterocycles. The predicted octanol–water partition coefficient (Wildman–Crippen LogP) is 5.45. The molecule has 6 nitrogen and oxygen atoms in total. The SMILES string of the molecule is CC(=O)c1c(-c2ccccc2)nn(Cc2ccncc2)c(=O)c1Nc1cccc2ccccc12. The van der Waals surface area contributed by atoms with Gasteiger partial charge in [0.25, 0.3) is 5.56 Å². The molecule has 0 radical (unpaired) electrons. The fraction of sp³-hybridized carbons (Fsp3) is 0.0714. The number of carbonyl (C=O) groups is 1. The zero-order valence-electron chi connectivity index (χ0n) is 18.6. The van der Waals surface area contributed by atoms with Gasteiger partial charge in [0.2, 0.25) is 0 Å². The van der Waals surface area contributed by atoms with Crippen molar-refractivity contribution in [3.63, 3.8) is 0 Å². The van der Waals surface area contributed by atoms with Crippen molar-refractivity contribution in [2.45, 2.75) is 13.5 Å². The highest BCUT2D eigenvalue weighted by Gasteiger charge is 2.22. The Kier molecular flexibility index (Phi) is 5.70. The van der Waals surface area contributed by atoms with Crippen LogP contribution in [-0.2, 0) is 6.54 Å². The number of pyridine rings is 1. The van der Waals surface area contributed by atoms with Crippen LogP contribution in [0.2, 0.25) is 0 Å². The molecule has 166 valence electrons. The first-order valence-electron chi connectivity index (χ1n) is 11.0. The lowest BCUT2D eigenvalue weighted by Crippen LogP contribution is -2.29. The molecule has 0 aliphatic carbocycles. The Morgan fingerprint density at radius 2 is 1.59 bits per heavy atom. The molecule has 1 N–H and O–H groups in total. The lowest BCUT2D eigenvalue weighted by molar-refractivity contribution is 0.101. The largest absolute Gasteiger partial charge is 0.350 e. The molecule has 3 aromatic carbocycles. The smallest absolute Gasteiger partial charge is 0.291 e. The number of fused-ring (bicyclic) bond motifs is 1. The highest BCUT2D eigenvalue weighted by atomic mass is 16.1. The minimum Gasteiger partial charge on any atom is -0.350 e. The summed E-state index contributed by atoms with van der Waals surface area (Å²) in [6.45, 7) is 1.72. The van der Waals surface area contributed by atoms with Crippen LogP contribution in [0.25, 0.3) is 22.0 Å². The molecule has 0 unspecified atom stereocenters. The van der Waals surface area contributed by atoms with Crippen LogP contribution < -0.4 is 10.9 Å². The summed E-state index contributed by atoms with van der Waals surface area (Å²) in [6, 6.07) is 26.9. The molecule has 34 heavy (non-hydrogen) atoms. The molecule has 5 aromatic rings. The molecule has 2 aromatic heterocycles. The number of nitrogens with one attached hydrogen (secondary N) is 1. The van der Waals surface area contributed by atoms with Crippen molar-refractivity contribution in [3.05, 3.63) is 119 Å². The molecule has 5 rings (SSSR count). The van der Waals surface area contributed by atoms with Crippen LogP contribution in [0.5, 0.6) is 0 Å². The van der Waals surface area contributed by atoms with Crippen molar-refractivity contribution in [2.75, 3.05) is 5.32 Å². The highest BCUT2D eigenvalue weighted by Crippen LogP contribution is 2.30. The molecule has 2 heterocycles. The lowest BCUT2D eigenvalue weighted by atomic mass is 10.0. The Labute approximate surface area is 196 Å². The molecule has 0 atom stereocenters. The molecule has 0 amide bonds. The van der Waals surface area contributed by atoms with E-state index >= 15 is 0 Å². The number of carbonyl (C=O) groups excluding carboxylic acids is 1. The summed E-state index contributed by atoms with van der Waals surface area (Å²) >= 11 is 0. The first-order valence-corrected chi connectivity index (χ1v) is 11.0. The van der Waals surface area contributed by atoms with E-state index in [2.05, 4.69) is 15.4 Å². The molecule has 0 aliphatic rings. The fourth-order valence-electron chi connectivity index (χ4n) is 4.06. The monoisotopic (exact) mass is 446 g/mol. The van der Waals surface area contributed by atoms with Gasteiger partial charge in [-0.1, -0.05) is 66.7 Å². The Hall–Kier alpha value is -4.58. The summed E-state index contributed by atoms with van der Waals surface area (Å²) in [5, 5.41) is 9.93. The van der Waals surface area contributed by atoms with Gasteiger partial charge < -0.3 is 5.32 Å². The van der Waals surface area contributed by atoms with Crippen molar-refractivity contribution >= 4 is 27.9 Å². The van der Waals surface area contributed by atoms with E-state index in [-0.39, 0.29) is 29.1 Å². The van der Waals surface area contributed by atoms with Crippen molar-refractivity contribution in [1.29, 1.82) is 0 Å². The Balaban J connectivity index is 1.75. The van der Waals surface area contributed by atoms with E-state index in [1.165, 1.54) is 11.6 Å². The third-order valence-electron chi connectivity index (χ3n) is 5.69. The number of hydrogen-bond acceptors (Lipinski definition) is 5. The maximum absolute atomic E-state index is 13.7. The van der Waals surface area contributed by atoms with Crippen LogP contribution in [0.15, 0.2) is 102 Å². The van der Waals surface area contributed by atoms with Gasteiger partial charge >= 0.3 is 0 Å². The lowest BCUT2D eigenvalue weighted by Gasteiger charge is -2.17. The van der Waals surface area contributed by atoms with Crippen molar-refractivity contribution in [2.24, 2.45) is 0 Å². The summed E-state index contributed by atoms with van der Waals surface area (Å²) in [5.74, 6) is -0.234. The van der Waals surface area contributed by atoms with Gasteiger partial charge in [-0.25, -0.2) is 4.68 Å². The first-order chi connectivity index (χ1) is 16.6. The average molecular weight is 447 g/mol. The molecule has 0 fully saturated rings. The van der Waals surface area contributed by atoms with E-state index in [0.717, 1.165) is 27.6 Å². The Bertz CT molecular complexity index is 1540. The number of Topliss-reactive ketones (excluding diaryl/α,β-unsaturated/α-hetero) is 1. The van der Waals surface area contributed by atoms with Crippen molar-refractivity contribution in [1.82, 2.24) is 14.8 Å². The predicted molar refractivity (Wildman–Crippen MR) is 135 cm³/mol. The van der Waals surface area contributed by atoms with Crippen LogP contribution in [0.3, 0.4) is 0 Å². The number of benzene rings is 3. The van der Waals surface area contributed by atoms with E-state index in [4.69, 9.17) is 0 Å². The van der Waals surface area contributed by atoms with E-state index in [9.17, 15) is 9.59 Å². The van der Waals surface area contributed by atoms with Crippen LogP contribution in [-0.4, -0.2) is 20.5 Å². The van der Waals surface area contributed by atoms with Crippen molar-refractivity contribution in [3.8, 4) is 11.3 Å². The van der Waals surface area contributed by atoms with Gasteiger partial charge in [-0.3, -0.25) is 14.6 Å². The number of aromatic nitrogens is 3. The third kappa shape index (κ3) is 4.09. The van der Waals surface area contributed by atoms with E-state index in [0.29, 0.717) is 5.69 Å². The molecule has 0 spiro atoms. The first kappa shape index (κ1) is 21.3. The fourth-order valence-corrected chi connectivity index (χ4v) is 4.06. The molecule has 6 heteroatoms. The Morgan fingerprint density at radius 3 is 2.35 bits per heavy atom. The third-order valence-corrected chi connectivity index (χ3v) is 5.69. The van der Waals surface area contributed by atoms with Gasteiger partial charge in [0.1, 0.15) is 11.4 Å². The summed E-state index contributed by atoms with van der Waals surface area (Å²) in [4.78, 5) is 30.6. The zero-order chi connectivity index (χ0) is 23.5. The number of hydrogen-bond donors (Lipinski definition) is 1. The highest BCUT2D eigenvalue weighted by molar-refractivity contribution is 6.06. The van der Waals surface area contributed by atoms with E-state index in [1.807, 2.05) is 84.9 Å². The van der Waals surface area contributed by atoms with Gasteiger partial charge in [0.15, 0.2) is 5.78 Å². The van der Waals surface area contributed by atoms with Crippen LogP contribution in [0.4, 0.5) is 11.4 Å². The normalized spacial score (nSPS) is 10.9. The second-order valence-electron chi connectivity index (χ2n) is 7.99. The van der Waals surface area contributed by atoms with Gasteiger partial charge in [-0.15, -0.1) is 0 Å². The van der Waals surface area contributed by atoms with Gasteiger partial charge in [0.05, 0.1) is 12.1 Å². The van der Waals surface area contributed by atoms with Crippen LogP contribution in [0, 0.1) is 0 Å². The van der Waals surface area contributed by atoms with Crippen molar-refractivity contribution < 1.29 is 4.79 Å². The summed E-state index contributed by atoms with van der Waals surface area (Å²) in [6.07, 6.45) is 3.36. The zero-order valence-corrected chi connectivity index (χ0v) is 18.6. The Morgan fingerprint density at radius 1 is 0.882 bits per heavy atom. The molecular weight excluding hydrogens is 424 g/mol. The van der Waals surface area contributed by atoms with Gasteiger partial charge in [0, 0.05) is 29.0 Å². The van der Waals surface area contributed by atoms with Gasteiger partial charge in [-0.2, -0.15) is 5.10 Å². The summed E-state index contributed by atoms with van der Waals surface area (Å²) < 4.78 is 1.40. The number of nitrogens with zero attached hydrogens (tertiary/aromatic N) is 3. The average Bonchev–Trinajstić information content (AvgIpc) is 2.87. The minimum absolute atomic E-state index is 0.215. The topological polar surface area (TPSA) is 76.9 Å². The molecular formula is C28H22N4O2. The van der Waals surface area contributed by atoms with Crippen LogP contribution in [0.1, 0.15) is 22.8 Å². The van der Waals surface area contributed by atoms with E-state index < -0.39 is 0 Å². The second kappa shape index (κ2) is 9.11. The molecule has 0 saturated carbocycles. The maximum Gasteiger partial charge on any atom is 0.291 e. The summed E-state index contributed by atoms with van der Waals surface area (Å²) in [5.41, 5.74) is 2.98. The second-order valence-corrected chi connectivity index (χ2v) is 7.99. The number of ketones is 1. The maximum atomic E-state index is 13.7. The van der Waals surface area contributed by atoms with E-state index in [1.54, 1.807) is 12.4 Å². The standard InChI is InChI=1S/C28H22N4O2/c1-19(33)25-26(22-9-3-2-4-10-22)31-32(18-20-14-16-29-17-15-20)28(34)27(25)30-24-13-7-11-21-8-5-6-12-23(21)24/h2-17,30H,18H2,1H3. The number of anilines is 2. The molecule has 0 bridgehead atoms.